The van der Waals surface area contributed by atoms with Crippen molar-refractivity contribution in [1.82, 2.24) is 5.32 Å². The molecule has 1 aromatic carbocycles. The van der Waals surface area contributed by atoms with Gasteiger partial charge in [-0.15, -0.1) is 0 Å². The average molecular weight is 256 g/mol. The minimum absolute atomic E-state index is 0.235. The predicted octanol–water partition coefficient (Wildman–Crippen LogP) is 2.30. The van der Waals surface area contributed by atoms with Crippen molar-refractivity contribution >= 4 is 11.6 Å². The Kier molecular flexibility index (Phi) is 4.26. The van der Waals surface area contributed by atoms with Crippen LogP contribution in [0, 0.1) is 5.92 Å². The van der Waals surface area contributed by atoms with Crippen LogP contribution in [-0.4, -0.2) is 22.9 Å². The topological polar surface area (TPSA) is 52.5 Å². The summed E-state index contributed by atoms with van der Waals surface area (Å²) in [4.78, 5) is 0. The number of aliphatic hydroxyl groups excluding tert-OH is 1. The fourth-order valence-electron chi connectivity index (χ4n) is 2.46. The SMILES string of the molecule is OCC1CCCC1NCc1cc(Cl)ccc1O. The highest BCUT2D eigenvalue weighted by Crippen LogP contribution is 2.26. The van der Waals surface area contributed by atoms with Gasteiger partial charge in [-0.3, -0.25) is 0 Å². The van der Waals surface area contributed by atoms with Gasteiger partial charge >= 0.3 is 0 Å². The van der Waals surface area contributed by atoms with Crippen molar-refractivity contribution in [2.24, 2.45) is 5.92 Å². The standard InChI is InChI=1S/C13H18ClNO2/c14-11-4-5-13(17)10(6-11)7-15-12-3-1-2-9(12)8-16/h4-6,9,12,15-17H,1-3,7-8H2. The first-order valence-electron chi connectivity index (χ1n) is 6.02. The molecule has 1 aromatic rings. The highest BCUT2D eigenvalue weighted by Gasteiger charge is 2.25. The molecule has 0 bridgehead atoms. The Balaban J connectivity index is 1.95. The number of hydrogen-bond donors (Lipinski definition) is 3. The Morgan fingerprint density at radius 1 is 1.35 bits per heavy atom. The summed E-state index contributed by atoms with van der Waals surface area (Å²) in [6.45, 7) is 0.826. The van der Waals surface area contributed by atoms with E-state index in [4.69, 9.17) is 11.6 Å². The van der Waals surface area contributed by atoms with Crippen LogP contribution in [0.25, 0.3) is 0 Å². The van der Waals surface area contributed by atoms with Crippen molar-refractivity contribution in [3.05, 3.63) is 28.8 Å². The molecule has 0 aliphatic heterocycles. The van der Waals surface area contributed by atoms with Crippen molar-refractivity contribution in [3.8, 4) is 5.75 Å². The molecule has 2 atom stereocenters. The van der Waals surface area contributed by atoms with E-state index in [0.29, 0.717) is 23.5 Å². The smallest absolute Gasteiger partial charge is 0.120 e. The van der Waals surface area contributed by atoms with Crippen LogP contribution in [0.15, 0.2) is 18.2 Å². The van der Waals surface area contributed by atoms with Gasteiger partial charge in [-0.25, -0.2) is 0 Å². The van der Waals surface area contributed by atoms with E-state index in [0.717, 1.165) is 24.8 Å². The molecule has 0 aromatic heterocycles. The van der Waals surface area contributed by atoms with E-state index in [1.165, 1.54) is 0 Å². The first kappa shape index (κ1) is 12.7. The third kappa shape index (κ3) is 3.12. The second-order valence-corrected chi connectivity index (χ2v) is 5.07. The second kappa shape index (κ2) is 5.71. The summed E-state index contributed by atoms with van der Waals surface area (Å²) in [5, 5.41) is 22.9. The molecule has 0 amide bonds. The molecule has 94 valence electrons. The van der Waals surface area contributed by atoms with Crippen LogP contribution in [0.3, 0.4) is 0 Å². The minimum atomic E-state index is 0.235. The molecule has 0 heterocycles. The normalized spacial score (nSPS) is 24.1. The van der Waals surface area contributed by atoms with Gasteiger partial charge in [0.1, 0.15) is 5.75 Å². The summed E-state index contributed by atoms with van der Waals surface area (Å²) < 4.78 is 0. The molecule has 1 saturated carbocycles. The molecular weight excluding hydrogens is 238 g/mol. The van der Waals surface area contributed by atoms with Gasteiger partial charge in [-0.05, 0) is 37.0 Å². The molecule has 17 heavy (non-hydrogen) atoms. The van der Waals surface area contributed by atoms with E-state index in [2.05, 4.69) is 5.32 Å². The van der Waals surface area contributed by atoms with Crippen molar-refractivity contribution in [1.29, 1.82) is 0 Å². The van der Waals surface area contributed by atoms with E-state index in [1.807, 2.05) is 0 Å². The summed E-state index contributed by atoms with van der Waals surface area (Å²) in [5.41, 5.74) is 0.807. The maximum atomic E-state index is 9.68. The average Bonchev–Trinajstić information content (AvgIpc) is 2.77. The zero-order valence-corrected chi connectivity index (χ0v) is 10.5. The number of rotatable bonds is 4. The fourth-order valence-corrected chi connectivity index (χ4v) is 2.66. The lowest BCUT2D eigenvalue weighted by atomic mass is 10.0. The molecule has 1 aliphatic rings. The van der Waals surface area contributed by atoms with Gasteiger partial charge in [0.05, 0.1) is 0 Å². The molecule has 0 spiro atoms. The molecule has 2 unspecified atom stereocenters. The quantitative estimate of drug-likeness (QED) is 0.774. The Bertz CT molecular complexity index is 384. The number of aromatic hydroxyl groups is 1. The molecule has 0 saturated heterocycles. The lowest BCUT2D eigenvalue weighted by molar-refractivity contribution is 0.205. The Hall–Kier alpha value is -0.770. The van der Waals surface area contributed by atoms with Crippen LogP contribution in [0.2, 0.25) is 5.02 Å². The van der Waals surface area contributed by atoms with Crippen LogP contribution < -0.4 is 5.32 Å². The fraction of sp³-hybridized carbons (Fsp3) is 0.538. The van der Waals surface area contributed by atoms with Crippen molar-refractivity contribution < 1.29 is 10.2 Å². The number of aliphatic hydroxyl groups is 1. The predicted molar refractivity (Wildman–Crippen MR) is 68.2 cm³/mol. The van der Waals surface area contributed by atoms with Crippen molar-refractivity contribution in [2.45, 2.75) is 31.8 Å². The molecule has 3 nitrogen and oxygen atoms in total. The molecule has 1 fully saturated rings. The maximum Gasteiger partial charge on any atom is 0.120 e. The molecular formula is C13H18ClNO2. The highest BCUT2D eigenvalue weighted by molar-refractivity contribution is 6.30. The Labute approximate surface area is 106 Å². The number of phenols is 1. The van der Waals surface area contributed by atoms with Gasteiger partial charge in [0.15, 0.2) is 0 Å². The molecule has 2 rings (SSSR count). The first-order chi connectivity index (χ1) is 8.20. The van der Waals surface area contributed by atoms with Crippen LogP contribution >= 0.6 is 11.6 Å². The van der Waals surface area contributed by atoms with E-state index in [-0.39, 0.29) is 12.4 Å². The molecule has 3 N–H and O–H groups in total. The van der Waals surface area contributed by atoms with Crippen LogP contribution in [0.5, 0.6) is 5.75 Å². The largest absolute Gasteiger partial charge is 0.508 e. The van der Waals surface area contributed by atoms with Crippen molar-refractivity contribution in [3.63, 3.8) is 0 Å². The third-order valence-electron chi connectivity index (χ3n) is 3.49. The van der Waals surface area contributed by atoms with E-state index in [9.17, 15) is 10.2 Å². The van der Waals surface area contributed by atoms with Crippen LogP contribution in [0.1, 0.15) is 24.8 Å². The Morgan fingerprint density at radius 2 is 2.18 bits per heavy atom. The van der Waals surface area contributed by atoms with E-state index < -0.39 is 0 Å². The van der Waals surface area contributed by atoms with Gasteiger partial charge in [-0.2, -0.15) is 0 Å². The number of hydrogen-bond acceptors (Lipinski definition) is 3. The maximum absolute atomic E-state index is 9.68. The lowest BCUT2D eigenvalue weighted by Gasteiger charge is -2.19. The van der Waals surface area contributed by atoms with Gasteiger partial charge in [0, 0.05) is 29.8 Å². The summed E-state index contributed by atoms with van der Waals surface area (Å²) in [5.74, 6) is 0.608. The summed E-state index contributed by atoms with van der Waals surface area (Å²) in [7, 11) is 0. The van der Waals surface area contributed by atoms with Crippen LogP contribution in [-0.2, 0) is 6.54 Å². The highest BCUT2D eigenvalue weighted by atomic mass is 35.5. The number of halogens is 1. The monoisotopic (exact) mass is 255 g/mol. The van der Waals surface area contributed by atoms with E-state index in [1.54, 1.807) is 18.2 Å². The molecule has 4 heteroatoms. The summed E-state index contributed by atoms with van der Waals surface area (Å²) in [6.07, 6.45) is 3.33. The van der Waals surface area contributed by atoms with E-state index >= 15 is 0 Å². The van der Waals surface area contributed by atoms with Crippen molar-refractivity contribution in [2.75, 3.05) is 6.61 Å². The minimum Gasteiger partial charge on any atom is -0.508 e. The van der Waals surface area contributed by atoms with Gasteiger partial charge in [-0.1, -0.05) is 18.0 Å². The zero-order valence-electron chi connectivity index (χ0n) is 9.69. The number of benzene rings is 1. The van der Waals surface area contributed by atoms with Crippen LogP contribution in [0.4, 0.5) is 0 Å². The van der Waals surface area contributed by atoms with Gasteiger partial charge < -0.3 is 15.5 Å². The molecule has 1 aliphatic carbocycles. The zero-order chi connectivity index (χ0) is 12.3. The second-order valence-electron chi connectivity index (χ2n) is 4.63. The lowest BCUT2D eigenvalue weighted by Crippen LogP contribution is -2.33. The summed E-state index contributed by atoms with van der Waals surface area (Å²) >= 11 is 5.89. The van der Waals surface area contributed by atoms with Gasteiger partial charge in [0.25, 0.3) is 0 Å². The number of nitrogens with one attached hydrogen (secondary N) is 1. The third-order valence-corrected chi connectivity index (χ3v) is 3.72. The van der Waals surface area contributed by atoms with Gasteiger partial charge in [0.2, 0.25) is 0 Å². The number of phenolic OH excluding ortho intramolecular Hbond substituents is 1. The molecule has 0 radical (unpaired) electrons. The summed E-state index contributed by atoms with van der Waals surface area (Å²) in [6, 6.07) is 5.40. The first-order valence-corrected chi connectivity index (χ1v) is 6.40. The Morgan fingerprint density at radius 3 is 2.94 bits per heavy atom.